The minimum Gasteiger partial charge on any atom is -0.206 e. The molecule has 1 aliphatic carbocycles. The summed E-state index contributed by atoms with van der Waals surface area (Å²) in [7, 11) is 0. The third-order valence-corrected chi connectivity index (χ3v) is 4.98. The molecule has 24 heavy (non-hydrogen) atoms. The van der Waals surface area contributed by atoms with Crippen LogP contribution in [-0.2, 0) is 0 Å². The molecule has 0 nitrogen and oxygen atoms in total. The average Bonchev–Trinajstić information content (AvgIpc) is 2.58. The van der Waals surface area contributed by atoms with Gasteiger partial charge in [-0.2, -0.15) is 8.78 Å². The molecule has 0 atom stereocenters. The molecule has 126 valence electrons. The molecule has 2 aromatic carbocycles. The maximum Gasteiger partial charge on any atom is 0.271 e. The smallest absolute Gasteiger partial charge is 0.206 e. The lowest BCUT2D eigenvalue weighted by atomic mass is 9.78. The Bertz CT molecular complexity index is 777. The van der Waals surface area contributed by atoms with E-state index in [1.807, 2.05) is 12.1 Å². The quantitative estimate of drug-likeness (QED) is 0.528. The Morgan fingerprint density at radius 1 is 1.04 bits per heavy atom. The van der Waals surface area contributed by atoms with Gasteiger partial charge in [0.15, 0.2) is 0 Å². The van der Waals surface area contributed by atoms with Crippen LogP contribution in [0.2, 0.25) is 0 Å². The van der Waals surface area contributed by atoms with Gasteiger partial charge in [-0.25, -0.2) is 4.39 Å². The Kier molecular flexibility index (Phi) is 5.08. The van der Waals surface area contributed by atoms with Gasteiger partial charge in [0, 0.05) is 17.0 Å². The molecule has 0 N–H and O–H groups in total. The van der Waals surface area contributed by atoms with Gasteiger partial charge in [-0.05, 0) is 55.4 Å². The van der Waals surface area contributed by atoms with Gasteiger partial charge in [-0.15, -0.1) is 0 Å². The van der Waals surface area contributed by atoms with Crippen molar-refractivity contribution < 1.29 is 13.2 Å². The van der Waals surface area contributed by atoms with Crippen molar-refractivity contribution in [3.63, 3.8) is 0 Å². The highest BCUT2D eigenvalue weighted by Crippen LogP contribution is 2.37. The van der Waals surface area contributed by atoms with Gasteiger partial charge in [0.2, 0.25) is 0 Å². The summed E-state index contributed by atoms with van der Waals surface area (Å²) >= 11 is 0. The van der Waals surface area contributed by atoms with E-state index >= 15 is 0 Å². The summed E-state index contributed by atoms with van der Waals surface area (Å²) < 4.78 is 39.1. The van der Waals surface area contributed by atoms with Crippen molar-refractivity contribution in [2.75, 3.05) is 0 Å². The van der Waals surface area contributed by atoms with Crippen molar-refractivity contribution in [3.8, 4) is 0 Å². The minimum absolute atomic E-state index is 0.0675. The number of hydrogen-bond donors (Lipinski definition) is 0. The van der Waals surface area contributed by atoms with E-state index in [4.69, 9.17) is 0 Å². The van der Waals surface area contributed by atoms with Gasteiger partial charge in [0.1, 0.15) is 5.82 Å². The maximum absolute atomic E-state index is 14.4. The van der Waals surface area contributed by atoms with E-state index in [9.17, 15) is 13.2 Å². The van der Waals surface area contributed by atoms with Crippen molar-refractivity contribution in [2.45, 2.75) is 38.5 Å². The summed E-state index contributed by atoms with van der Waals surface area (Å²) in [6.07, 6.45) is 7.73. The van der Waals surface area contributed by atoms with Crippen molar-refractivity contribution in [2.24, 2.45) is 5.92 Å². The summed E-state index contributed by atoms with van der Waals surface area (Å²) in [4.78, 5) is 0. The van der Waals surface area contributed by atoms with Crippen LogP contribution in [0.3, 0.4) is 0 Å². The number of allylic oxidation sites excluding steroid dienone is 2. The predicted molar refractivity (Wildman–Crippen MR) is 93.6 cm³/mol. The van der Waals surface area contributed by atoms with Gasteiger partial charge < -0.3 is 0 Å². The number of benzene rings is 2. The summed E-state index contributed by atoms with van der Waals surface area (Å²) in [5.41, 5.74) is 1.16. The SMILES string of the molecule is C/C=C/C1CCC(c2ccc3c(F)c(C=C(F)F)ccc3c2)CC1. The van der Waals surface area contributed by atoms with E-state index < -0.39 is 11.9 Å². The Labute approximate surface area is 140 Å². The summed E-state index contributed by atoms with van der Waals surface area (Å²) in [6.45, 7) is 2.06. The van der Waals surface area contributed by atoms with E-state index in [2.05, 4.69) is 19.1 Å². The highest BCUT2D eigenvalue weighted by Gasteiger charge is 2.21. The fourth-order valence-electron chi connectivity index (χ4n) is 3.73. The zero-order chi connectivity index (χ0) is 17.1. The Morgan fingerprint density at radius 3 is 2.46 bits per heavy atom. The molecular formula is C21H21F3. The van der Waals surface area contributed by atoms with Crippen LogP contribution in [0.15, 0.2) is 48.6 Å². The topological polar surface area (TPSA) is 0 Å². The molecule has 0 bridgehead atoms. The van der Waals surface area contributed by atoms with Crippen molar-refractivity contribution in [3.05, 3.63) is 65.5 Å². The third-order valence-electron chi connectivity index (χ3n) is 4.98. The molecule has 1 saturated carbocycles. The minimum atomic E-state index is -1.89. The number of rotatable bonds is 3. The Balaban J connectivity index is 1.86. The van der Waals surface area contributed by atoms with Gasteiger partial charge in [-0.1, -0.05) is 42.5 Å². The van der Waals surface area contributed by atoms with Crippen molar-refractivity contribution >= 4 is 16.8 Å². The van der Waals surface area contributed by atoms with E-state index in [0.717, 1.165) is 18.2 Å². The van der Waals surface area contributed by atoms with E-state index in [1.165, 1.54) is 24.5 Å². The van der Waals surface area contributed by atoms with Crippen LogP contribution >= 0.6 is 0 Å². The van der Waals surface area contributed by atoms with Crippen LogP contribution in [0.5, 0.6) is 0 Å². The predicted octanol–water partition coefficient (Wildman–Crippen LogP) is 7.07. The molecule has 0 radical (unpaired) electrons. The number of fused-ring (bicyclic) bond motifs is 1. The molecule has 1 fully saturated rings. The van der Waals surface area contributed by atoms with Crippen LogP contribution < -0.4 is 0 Å². The summed E-state index contributed by atoms with van der Waals surface area (Å²) in [5, 5.41) is 1.17. The zero-order valence-corrected chi connectivity index (χ0v) is 13.7. The second kappa shape index (κ2) is 7.25. The molecule has 2 aromatic rings. The third kappa shape index (κ3) is 3.55. The molecule has 0 amide bonds. The standard InChI is InChI=1S/C21H21F3/c1-2-3-14-4-6-15(7-5-14)16-10-11-19-17(12-16)8-9-18(21(19)24)13-20(22)23/h2-3,8-15H,4-7H2,1H3/b3-2+. The van der Waals surface area contributed by atoms with Crippen molar-refractivity contribution in [1.29, 1.82) is 0 Å². The first-order valence-corrected chi connectivity index (χ1v) is 8.46. The van der Waals surface area contributed by atoms with Gasteiger partial charge in [-0.3, -0.25) is 0 Å². The zero-order valence-electron chi connectivity index (χ0n) is 13.7. The van der Waals surface area contributed by atoms with Gasteiger partial charge >= 0.3 is 0 Å². The normalized spacial score (nSPS) is 21.3. The van der Waals surface area contributed by atoms with Crippen LogP contribution in [0.4, 0.5) is 13.2 Å². The monoisotopic (exact) mass is 330 g/mol. The van der Waals surface area contributed by atoms with Crippen LogP contribution in [-0.4, -0.2) is 0 Å². The van der Waals surface area contributed by atoms with E-state index in [-0.39, 0.29) is 5.56 Å². The van der Waals surface area contributed by atoms with E-state index in [1.54, 1.807) is 12.1 Å². The van der Waals surface area contributed by atoms with Gasteiger partial charge in [0.05, 0.1) is 0 Å². The highest BCUT2D eigenvalue weighted by atomic mass is 19.3. The fraction of sp³-hybridized carbons (Fsp3) is 0.333. The maximum atomic E-state index is 14.4. The Morgan fingerprint density at radius 2 is 1.79 bits per heavy atom. The molecule has 0 aliphatic heterocycles. The van der Waals surface area contributed by atoms with Crippen LogP contribution in [0, 0.1) is 11.7 Å². The second-order valence-corrected chi connectivity index (χ2v) is 6.52. The molecule has 0 saturated heterocycles. The van der Waals surface area contributed by atoms with Crippen molar-refractivity contribution in [1.82, 2.24) is 0 Å². The van der Waals surface area contributed by atoms with Crippen LogP contribution in [0.25, 0.3) is 16.8 Å². The highest BCUT2D eigenvalue weighted by molar-refractivity contribution is 5.86. The summed E-state index contributed by atoms with van der Waals surface area (Å²) in [6, 6.07) is 8.83. The molecule has 0 heterocycles. The Hall–Kier alpha value is -2.03. The van der Waals surface area contributed by atoms with E-state index in [0.29, 0.717) is 23.3 Å². The average molecular weight is 330 g/mol. The first-order chi connectivity index (χ1) is 11.6. The lowest BCUT2D eigenvalue weighted by Crippen LogP contribution is -2.11. The van der Waals surface area contributed by atoms with Gasteiger partial charge in [0.25, 0.3) is 6.08 Å². The largest absolute Gasteiger partial charge is 0.271 e. The second-order valence-electron chi connectivity index (χ2n) is 6.52. The summed E-state index contributed by atoms with van der Waals surface area (Å²) in [5.74, 6) is 0.597. The first-order valence-electron chi connectivity index (χ1n) is 8.46. The fourth-order valence-corrected chi connectivity index (χ4v) is 3.73. The molecule has 0 spiro atoms. The lowest BCUT2D eigenvalue weighted by Gasteiger charge is -2.27. The van der Waals surface area contributed by atoms with Crippen LogP contribution in [0.1, 0.15) is 49.7 Å². The molecule has 0 unspecified atom stereocenters. The molecular weight excluding hydrogens is 309 g/mol. The number of halogens is 3. The lowest BCUT2D eigenvalue weighted by molar-refractivity contribution is 0.376. The molecule has 0 aromatic heterocycles. The molecule has 1 aliphatic rings. The molecule has 3 rings (SSSR count). The first kappa shape index (κ1) is 16.8. The molecule has 3 heteroatoms. The number of hydrogen-bond acceptors (Lipinski definition) is 0.